The van der Waals surface area contributed by atoms with Gasteiger partial charge in [0.2, 0.25) is 0 Å². The molecule has 3 nitrogen and oxygen atoms in total. The van der Waals surface area contributed by atoms with Crippen molar-refractivity contribution in [3.05, 3.63) is 22.3 Å². The summed E-state index contributed by atoms with van der Waals surface area (Å²) >= 11 is 2.98. The SMILES string of the molecule is O=C1CCCN(c2ncc(Br)cc2C(F)(F)F)C1. The first kappa shape index (κ1) is 13.3. The number of anilines is 1. The van der Waals surface area contributed by atoms with Gasteiger partial charge < -0.3 is 4.90 Å². The number of aromatic nitrogens is 1. The van der Waals surface area contributed by atoms with Crippen LogP contribution in [0.3, 0.4) is 0 Å². The van der Waals surface area contributed by atoms with E-state index in [1.165, 1.54) is 11.1 Å². The van der Waals surface area contributed by atoms with Crippen LogP contribution in [0.25, 0.3) is 0 Å². The average molecular weight is 323 g/mol. The Kier molecular flexibility index (Phi) is 3.61. The highest BCUT2D eigenvalue weighted by molar-refractivity contribution is 9.10. The van der Waals surface area contributed by atoms with Crippen LogP contribution in [0.5, 0.6) is 0 Å². The second-order valence-electron chi connectivity index (χ2n) is 4.09. The van der Waals surface area contributed by atoms with E-state index in [4.69, 9.17) is 0 Å². The highest BCUT2D eigenvalue weighted by Gasteiger charge is 2.36. The van der Waals surface area contributed by atoms with Crippen LogP contribution in [0.1, 0.15) is 18.4 Å². The van der Waals surface area contributed by atoms with E-state index in [1.54, 1.807) is 0 Å². The van der Waals surface area contributed by atoms with Crippen LogP contribution in [-0.4, -0.2) is 23.9 Å². The summed E-state index contributed by atoms with van der Waals surface area (Å²) in [6, 6.07) is 0.988. The molecule has 0 N–H and O–H groups in total. The first-order valence-corrected chi connectivity index (χ1v) is 6.16. The van der Waals surface area contributed by atoms with E-state index in [9.17, 15) is 18.0 Å². The number of piperidine rings is 1. The molecule has 0 unspecified atom stereocenters. The number of rotatable bonds is 1. The van der Waals surface area contributed by atoms with Crippen LogP contribution in [0, 0.1) is 0 Å². The molecule has 7 heteroatoms. The van der Waals surface area contributed by atoms with Gasteiger partial charge in [0.15, 0.2) is 5.78 Å². The standard InChI is InChI=1S/C11H10BrF3N2O/c12-7-4-9(11(13,14)15)10(16-5-7)17-3-1-2-8(18)6-17/h4-5H,1-3,6H2. The maximum atomic E-state index is 12.9. The minimum Gasteiger partial charge on any atom is -0.349 e. The molecule has 1 saturated heterocycles. The van der Waals surface area contributed by atoms with Gasteiger partial charge in [-0.2, -0.15) is 13.2 Å². The van der Waals surface area contributed by atoms with E-state index >= 15 is 0 Å². The van der Waals surface area contributed by atoms with Crippen molar-refractivity contribution in [3.8, 4) is 0 Å². The Balaban J connectivity index is 2.40. The molecule has 0 bridgehead atoms. The highest BCUT2D eigenvalue weighted by Crippen LogP contribution is 2.37. The van der Waals surface area contributed by atoms with Crippen molar-refractivity contribution >= 4 is 27.5 Å². The van der Waals surface area contributed by atoms with Gasteiger partial charge in [0.05, 0.1) is 12.1 Å². The third-order valence-corrected chi connectivity index (χ3v) is 3.12. The van der Waals surface area contributed by atoms with Crippen molar-refractivity contribution in [1.29, 1.82) is 0 Å². The number of carbonyl (C=O) groups is 1. The number of nitrogens with zero attached hydrogens (tertiary/aromatic N) is 2. The molecule has 0 spiro atoms. The molecular weight excluding hydrogens is 313 g/mol. The Morgan fingerprint density at radius 1 is 1.39 bits per heavy atom. The Morgan fingerprint density at radius 3 is 2.72 bits per heavy atom. The summed E-state index contributed by atoms with van der Waals surface area (Å²) < 4.78 is 39.0. The van der Waals surface area contributed by atoms with E-state index in [-0.39, 0.29) is 22.6 Å². The quantitative estimate of drug-likeness (QED) is 0.796. The Hall–Kier alpha value is -1.11. The zero-order valence-electron chi connectivity index (χ0n) is 9.30. The fraction of sp³-hybridized carbons (Fsp3) is 0.455. The largest absolute Gasteiger partial charge is 0.419 e. The molecule has 0 aromatic carbocycles. The summed E-state index contributed by atoms with van der Waals surface area (Å²) in [5.74, 6) is -0.224. The van der Waals surface area contributed by atoms with Crippen LogP contribution < -0.4 is 4.90 Å². The van der Waals surface area contributed by atoms with Crippen LogP contribution in [0.15, 0.2) is 16.7 Å². The molecule has 1 fully saturated rings. The number of halogens is 4. The molecule has 0 radical (unpaired) electrons. The number of carbonyl (C=O) groups excluding carboxylic acids is 1. The van der Waals surface area contributed by atoms with E-state index in [0.29, 0.717) is 19.4 Å². The van der Waals surface area contributed by atoms with Gasteiger partial charge in [-0.15, -0.1) is 0 Å². The zero-order chi connectivity index (χ0) is 13.3. The minimum absolute atomic E-state index is 0.00227. The molecule has 1 aliphatic rings. The van der Waals surface area contributed by atoms with Crippen molar-refractivity contribution in [1.82, 2.24) is 4.98 Å². The monoisotopic (exact) mass is 322 g/mol. The van der Waals surface area contributed by atoms with E-state index < -0.39 is 11.7 Å². The van der Waals surface area contributed by atoms with E-state index in [2.05, 4.69) is 20.9 Å². The Labute approximate surface area is 110 Å². The molecule has 2 rings (SSSR count). The lowest BCUT2D eigenvalue weighted by molar-refractivity contribution is -0.137. The minimum atomic E-state index is -4.48. The van der Waals surface area contributed by atoms with Gasteiger partial charge in [-0.25, -0.2) is 4.98 Å². The molecule has 18 heavy (non-hydrogen) atoms. The van der Waals surface area contributed by atoms with Crippen molar-refractivity contribution in [2.24, 2.45) is 0 Å². The second-order valence-corrected chi connectivity index (χ2v) is 5.00. The van der Waals surface area contributed by atoms with Gasteiger partial charge >= 0.3 is 6.18 Å². The molecule has 1 aromatic heterocycles. The third kappa shape index (κ3) is 2.82. The normalized spacial score (nSPS) is 17.1. The Bertz CT molecular complexity index is 476. The summed E-state index contributed by atoms with van der Waals surface area (Å²) in [5, 5.41) is 0. The second kappa shape index (κ2) is 4.87. The number of ketones is 1. The topological polar surface area (TPSA) is 33.2 Å². The van der Waals surface area contributed by atoms with Crippen LogP contribution in [0.4, 0.5) is 19.0 Å². The number of pyridine rings is 1. The maximum absolute atomic E-state index is 12.9. The van der Waals surface area contributed by atoms with Crippen molar-refractivity contribution < 1.29 is 18.0 Å². The summed E-state index contributed by atoms with van der Waals surface area (Å²) in [7, 11) is 0. The highest BCUT2D eigenvalue weighted by atomic mass is 79.9. The third-order valence-electron chi connectivity index (χ3n) is 2.69. The van der Waals surface area contributed by atoms with Crippen molar-refractivity contribution in [2.75, 3.05) is 18.0 Å². The summed E-state index contributed by atoms with van der Waals surface area (Å²) in [4.78, 5) is 16.5. The van der Waals surface area contributed by atoms with E-state index in [1.807, 2.05) is 0 Å². The summed E-state index contributed by atoms with van der Waals surface area (Å²) in [6.07, 6.45) is -2.18. The fourth-order valence-corrected chi connectivity index (χ4v) is 2.24. The van der Waals surface area contributed by atoms with Gasteiger partial charge in [0.1, 0.15) is 5.82 Å². The van der Waals surface area contributed by atoms with Crippen LogP contribution in [0.2, 0.25) is 0 Å². The van der Waals surface area contributed by atoms with Crippen LogP contribution >= 0.6 is 15.9 Å². The number of Topliss-reactive ketones (excluding diaryl/α,β-unsaturated/α-hetero) is 1. The van der Waals surface area contributed by atoms with Crippen molar-refractivity contribution in [2.45, 2.75) is 19.0 Å². The molecule has 0 amide bonds. The fourth-order valence-electron chi connectivity index (χ4n) is 1.91. The predicted octanol–water partition coefficient (Wildman–Crippen LogP) is 3.03. The first-order chi connectivity index (χ1) is 8.38. The molecule has 0 saturated carbocycles. The molecule has 1 aliphatic heterocycles. The average Bonchev–Trinajstić information content (AvgIpc) is 2.27. The van der Waals surface area contributed by atoms with Gasteiger partial charge in [-0.3, -0.25) is 4.79 Å². The molecule has 1 aromatic rings. The number of alkyl halides is 3. The van der Waals surface area contributed by atoms with Gasteiger partial charge in [-0.05, 0) is 28.4 Å². The Morgan fingerprint density at radius 2 is 2.11 bits per heavy atom. The lowest BCUT2D eigenvalue weighted by Crippen LogP contribution is -2.37. The van der Waals surface area contributed by atoms with Gasteiger partial charge in [0, 0.05) is 23.6 Å². The first-order valence-electron chi connectivity index (χ1n) is 5.37. The molecule has 0 atom stereocenters. The lowest BCUT2D eigenvalue weighted by Gasteiger charge is -2.29. The molecule has 0 aliphatic carbocycles. The lowest BCUT2D eigenvalue weighted by atomic mass is 10.1. The summed E-state index contributed by atoms with van der Waals surface area (Å²) in [5.41, 5.74) is -0.813. The van der Waals surface area contributed by atoms with Gasteiger partial charge in [-0.1, -0.05) is 0 Å². The van der Waals surface area contributed by atoms with E-state index in [0.717, 1.165) is 6.07 Å². The summed E-state index contributed by atoms with van der Waals surface area (Å²) in [6.45, 7) is 0.418. The number of hydrogen-bond donors (Lipinski definition) is 0. The smallest absolute Gasteiger partial charge is 0.349 e. The molecule has 98 valence electrons. The maximum Gasteiger partial charge on any atom is 0.419 e. The molecule has 2 heterocycles. The van der Waals surface area contributed by atoms with Crippen LogP contribution in [-0.2, 0) is 11.0 Å². The van der Waals surface area contributed by atoms with Crippen molar-refractivity contribution in [3.63, 3.8) is 0 Å². The zero-order valence-corrected chi connectivity index (χ0v) is 10.9. The number of hydrogen-bond acceptors (Lipinski definition) is 3. The van der Waals surface area contributed by atoms with Gasteiger partial charge in [0.25, 0.3) is 0 Å². The predicted molar refractivity (Wildman–Crippen MR) is 63.4 cm³/mol. The molecular formula is C11H10BrF3N2O.